The number of rotatable bonds is 4. The average molecular weight is 340 g/mol. The quantitative estimate of drug-likeness (QED) is 0.857. The Kier molecular flexibility index (Phi) is 5.71. The van der Waals surface area contributed by atoms with Crippen molar-refractivity contribution in [3.05, 3.63) is 35.9 Å². The number of halogens is 1. The summed E-state index contributed by atoms with van der Waals surface area (Å²) in [7, 11) is 2.17. The van der Waals surface area contributed by atoms with Gasteiger partial charge in [0.1, 0.15) is 6.10 Å². The van der Waals surface area contributed by atoms with Crippen molar-refractivity contribution in [1.82, 2.24) is 4.90 Å². The fourth-order valence-corrected chi connectivity index (χ4v) is 3.87. The molecule has 4 nitrogen and oxygen atoms in total. The van der Waals surface area contributed by atoms with E-state index in [1.165, 1.54) is 12.8 Å². The van der Waals surface area contributed by atoms with Crippen LogP contribution in [0.2, 0.25) is 0 Å². The molecule has 3 unspecified atom stereocenters. The Morgan fingerprint density at radius 1 is 1.26 bits per heavy atom. The van der Waals surface area contributed by atoms with Gasteiger partial charge in [0.15, 0.2) is 0 Å². The summed E-state index contributed by atoms with van der Waals surface area (Å²) in [5.74, 6) is -0.303. The number of carbonyl (C=O) groups is 1. The highest BCUT2D eigenvalue weighted by atomic mass is 35.5. The van der Waals surface area contributed by atoms with Gasteiger partial charge in [-0.1, -0.05) is 30.3 Å². The lowest BCUT2D eigenvalue weighted by molar-refractivity contribution is -0.157. The maximum absolute atomic E-state index is 12.2. The van der Waals surface area contributed by atoms with E-state index in [1.807, 2.05) is 30.3 Å². The zero-order valence-corrected chi connectivity index (χ0v) is 14.6. The Balaban J connectivity index is 0.00000192. The molecule has 1 aromatic rings. The van der Waals surface area contributed by atoms with E-state index in [-0.39, 0.29) is 30.9 Å². The van der Waals surface area contributed by atoms with Crippen molar-refractivity contribution in [3.8, 4) is 0 Å². The summed E-state index contributed by atoms with van der Waals surface area (Å²) in [6.07, 6.45) is 4.26. The number of aliphatic hydroxyl groups is 1. The summed E-state index contributed by atoms with van der Waals surface area (Å²) >= 11 is 0. The summed E-state index contributed by atoms with van der Waals surface area (Å²) < 4.78 is 5.65. The van der Waals surface area contributed by atoms with Crippen molar-refractivity contribution in [2.24, 2.45) is 0 Å². The van der Waals surface area contributed by atoms with Gasteiger partial charge in [-0.05, 0) is 45.2 Å². The molecule has 0 spiro atoms. The number of ether oxygens (including phenoxy) is 1. The number of carbonyl (C=O) groups excluding carboxylic acids is 1. The van der Waals surface area contributed by atoms with Crippen LogP contribution < -0.4 is 0 Å². The fourth-order valence-electron chi connectivity index (χ4n) is 3.87. The Morgan fingerprint density at radius 3 is 2.39 bits per heavy atom. The molecule has 0 radical (unpaired) electrons. The molecule has 2 aliphatic heterocycles. The monoisotopic (exact) mass is 339 g/mol. The number of hydrogen-bond acceptors (Lipinski definition) is 4. The van der Waals surface area contributed by atoms with Gasteiger partial charge in [-0.15, -0.1) is 12.4 Å². The lowest BCUT2D eigenvalue weighted by atomic mass is 9.92. The Hall–Kier alpha value is -1.10. The standard InChI is InChI=1S/C18H25NO3.ClH/c1-18(21,13-6-4-3-5-7-13)12-17(20)22-16-10-14-8-9-15(11-16)19(14)2;/h3-7,14-16,21H,8-12H2,1-2H3;1H. The van der Waals surface area contributed by atoms with Gasteiger partial charge in [0, 0.05) is 12.1 Å². The van der Waals surface area contributed by atoms with E-state index < -0.39 is 5.60 Å². The van der Waals surface area contributed by atoms with Crippen LogP contribution in [0.4, 0.5) is 0 Å². The summed E-state index contributed by atoms with van der Waals surface area (Å²) in [5, 5.41) is 10.5. The third-order valence-electron chi connectivity index (χ3n) is 5.24. The van der Waals surface area contributed by atoms with Crippen molar-refractivity contribution < 1.29 is 14.6 Å². The number of benzene rings is 1. The molecule has 2 fully saturated rings. The molecule has 0 saturated carbocycles. The molecule has 0 aliphatic carbocycles. The molecule has 3 rings (SSSR count). The van der Waals surface area contributed by atoms with Crippen LogP contribution in [0.15, 0.2) is 30.3 Å². The van der Waals surface area contributed by atoms with E-state index >= 15 is 0 Å². The summed E-state index contributed by atoms with van der Waals surface area (Å²) in [4.78, 5) is 14.6. The van der Waals surface area contributed by atoms with Crippen LogP contribution in [-0.4, -0.2) is 41.2 Å². The van der Waals surface area contributed by atoms with Crippen LogP contribution in [-0.2, 0) is 15.1 Å². The zero-order valence-electron chi connectivity index (χ0n) is 13.8. The first-order valence-electron chi connectivity index (χ1n) is 8.15. The van der Waals surface area contributed by atoms with Crippen LogP contribution in [0, 0.1) is 0 Å². The lowest BCUT2D eigenvalue weighted by Gasteiger charge is -2.36. The SMILES string of the molecule is CN1C2CCC1CC(OC(=O)CC(C)(O)c1ccccc1)C2.Cl. The first kappa shape index (κ1) is 18.2. The van der Waals surface area contributed by atoms with Crippen molar-refractivity contribution >= 4 is 18.4 Å². The minimum Gasteiger partial charge on any atom is -0.462 e. The van der Waals surface area contributed by atoms with E-state index in [2.05, 4.69) is 11.9 Å². The first-order valence-corrected chi connectivity index (χ1v) is 8.15. The normalized spacial score (nSPS) is 29.4. The number of hydrogen-bond donors (Lipinski definition) is 1. The molecule has 128 valence electrons. The second kappa shape index (κ2) is 7.20. The molecule has 2 heterocycles. The van der Waals surface area contributed by atoms with Crippen molar-refractivity contribution in [1.29, 1.82) is 0 Å². The molecule has 1 aromatic carbocycles. The van der Waals surface area contributed by atoms with Gasteiger partial charge in [0.05, 0.1) is 12.0 Å². The molecule has 0 aromatic heterocycles. The second-order valence-electron chi connectivity index (χ2n) is 6.95. The third kappa shape index (κ3) is 4.06. The van der Waals surface area contributed by atoms with E-state index in [1.54, 1.807) is 6.92 Å². The van der Waals surface area contributed by atoms with Crippen LogP contribution in [0.3, 0.4) is 0 Å². The topological polar surface area (TPSA) is 49.8 Å². The van der Waals surface area contributed by atoms with Gasteiger partial charge in [0.2, 0.25) is 0 Å². The summed E-state index contributed by atoms with van der Waals surface area (Å²) in [5.41, 5.74) is -0.432. The number of esters is 1. The summed E-state index contributed by atoms with van der Waals surface area (Å²) in [6, 6.07) is 10.4. The average Bonchev–Trinajstić information content (AvgIpc) is 2.70. The van der Waals surface area contributed by atoms with Crippen LogP contribution >= 0.6 is 12.4 Å². The zero-order chi connectivity index (χ0) is 15.7. The van der Waals surface area contributed by atoms with Gasteiger partial charge in [-0.2, -0.15) is 0 Å². The number of fused-ring (bicyclic) bond motifs is 2. The summed E-state index contributed by atoms with van der Waals surface area (Å²) in [6.45, 7) is 1.67. The Morgan fingerprint density at radius 2 is 1.83 bits per heavy atom. The predicted octanol–water partition coefficient (Wildman–Crippen LogP) is 2.87. The number of piperidine rings is 1. The molecule has 2 bridgehead atoms. The van der Waals surface area contributed by atoms with Crippen molar-refractivity contribution in [2.75, 3.05) is 7.05 Å². The van der Waals surface area contributed by atoms with Gasteiger partial charge in [-0.25, -0.2) is 0 Å². The highest BCUT2D eigenvalue weighted by Gasteiger charge is 2.40. The Labute approximate surface area is 144 Å². The molecule has 3 atom stereocenters. The first-order chi connectivity index (χ1) is 10.5. The van der Waals surface area contributed by atoms with Crippen LogP contribution in [0.25, 0.3) is 0 Å². The largest absolute Gasteiger partial charge is 0.462 e. The lowest BCUT2D eigenvalue weighted by Crippen LogP contribution is -2.43. The molecule has 23 heavy (non-hydrogen) atoms. The molecule has 2 saturated heterocycles. The van der Waals surface area contributed by atoms with E-state index in [0.717, 1.165) is 18.4 Å². The molecule has 2 aliphatic rings. The maximum Gasteiger partial charge on any atom is 0.309 e. The third-order valence-corrected chi connectivity index (χ3v) is 5.24. The molecule has 5 heteroatoms. The van der Waals surface area contributed by atoms with E-state index in [9.17, 15) is 9.90 Å². The molecular weight excluding hydrogens is 314 g/mol. The number of nitrogens with zero attached hydrogens (tertiary/aromatic N) is 1. The molecule has 1 N–H and O–H groups in total. The minimum absolute atomic E-state index is 0. The Bertz CT molecular complexity index is 520. The van der Waals surface area contributed by atoms with Gasteiger partial charge in [-0.3, -0.25) is 4.79 Å². The highest BCUT2D eigenvalue weighted by Crippen LogP contribution is 2.36. The van der Waals surface area contributed by atoms with E-state index in [4.69, 9.17) is 4.74 Å². The van der Waals surface area contributed by atoms with Crippen LogP contribution in [0.5, 0.6) is 0 Å². The van der Waals surface area contributed by atoms with Crippen LogP contribution in [0.1, 0.15) is 44.6 Å². The maximum atomic E-state index is 12.2. The highest BCUT2D eigenvalue weighted by molar-refractivity contribution is 5.85. The predicted molar refractivity (Wildman–Crippen MR) is 91.6 cm³/mol. The van der Waals surface area contributed by atoms with Crippen molar-refractivity contribution in [3.63, 3.8) is 0 Å². The van der Waals surface area contributed by atoms with Gasteiger partial charge < -0.3 is 14.7 Å². The second-order valence-corrected chi connectivity index (χ2v) is 6.95. The smallest absolute Gasteiger partial charge is 0.309 e. The molecule has 0 amide bonds. The van der Waals surface area contributed by atoms with Gasteiger partial charge in [0.25, 0.3) is 0 Å². The fraction of sp³-hybridized carbons (Fsp3) is 0.611. The minimum atomic E-state index is -1.18. The molecular formula is C18H26ClNO3. The van der Waals surface area contributed by atoms with Gasteiger partial charge >= 0.3 is 5.97 Å². The van der Waals surface area contributed by atoms with Crippen molar-refractivity contribution in [2.45, 2.75) is 62.8 Å². The van der Waals surface area contributed by atoms with E-state index in [0.29, 0.717) is 12.1 Å².